The van der Waals surface area contributed by atoms with Gasteiger partial charge in [-0.25, -0.2) is 0 Å². The fraction of sp³-hybridized carbons (Fsp3) is 0.857. The maximum atomic E-state index is 4.02. The van der Waals surface area contributed by atoms with Crippen molar-refractivity contribution in [1.82, 2.24) is 20.3 Å². The molecule has 0 aromatic carbocycles. The molecule has 1 heterocycles. The average Bonchev–Trinajstić information content (AvgIpc) is 2.85. The van der Waals surface area contributed by atoms with Gasteiger partial charge in [0.25, 0.3) is 0 Å². The fourth-order valence-electron chi connectivity index (χ4n) is 4.96. The number of hydrogen-bond acceptors (Lipinski definition) is 3. The highest BCUT2D eigenvalue weighted by Gasteiger charge is 2.47. The van der Waals surface area contributed by atoms with Crippen LogP contribution in [0.3, 0.4) is 0 Å². The van der Waals surface area contributed by atoms with E-state index < -0.39 is 0 Å². The number of rotatable bonds is 4. The van der Waals surface area contributed by atoms with E-state index in [9.17, 15) is 0 Å². The molecule has 4 fully saturated rings. The predicted molar refractivity (Wildman–Crippen MR) is 68.9 cm³/mol. The third-order valence-electron chi connectivity index (χ3n) is 5.42. The molecule has 1 aromatic heterocycles. The van der Waals surface area contributed by atoms with Crippen LogP contribution in [-0.4, -0.2) is 27.6 Å². The first-order chi connectivity index (χ1) is 8.88. The topological polar surface area (TPSA) is 42.7 Å². The van der Waals surface area contributed by atoms with Crippen molar-refractivity contribution in [3.63, 3.8) is 0 Å². The van der Waals surface area contributed by atoms with Crippen LogP contribution in [0.5, 0.6) is 0 Å². The lowest BCUT2D eigenvalue weighted by atomic mass is 9.54. The van der Waals surface area contributed by atoms with Crippen LogP contribution in [-0.2, 0) is 6.54 Å². The van der Waals surface area contributed by atoms with Crippen molar-refractivity contribution in [2.24, 2.45) is 23.7 Å². The van der Waals surface area contributed by atoms with Gasteiger partial charge in [0.2, 0.25) is 0 Å². The van der Waals surface area contributed by atoms with E-state index in [1.165, 1.54) is 25.7 Å². The van der Waals surface area contributed by atoms with Crippen LogP contribution < -0.4 is 5.32 Å². The van der Waals surface area contributed by atoms with Crippen molar-refractivity contribution in [1.29, 1.82) is 0 Å². The van der Waals surface area contributed by atoms with Gasteiger partial charge < -0.3 is 5.32 Å². The SMILES string of the molecule is c1cn(CCNC2C3CC4CC(C3)CC2C4)nn1. The molecule has 5 rings (SSSR count). The minimum atomic E-state index is 0.793. The minimum absolute atomic E-state index is 0.793. The Labute approximate surface area is 108 Å². The van der Waals surface area contributed by atoms with E-state index >= 15 is 0 Å². The molecule has 18 heavy (non-hydrogen) atoms. The van der Waals surface area contributed by atoms with Gasteiger partial charge in [-0.3, -0.25) is 4.68 Å². The lowest BCUT2D eigenvalue weighted by Crippen LogP contribution is -2.54. The lowest BCUT2D eigenvalue weighted by Gasteiger charge is -2.54. The van der Waals surface area contributed by atoms with E-state index in [0.29, 0.717) is 0 Å². The Bertz CT molecular complexity index is 372. The molecule has 1 aromatic rings. The Morgan fingerprint density at radius 1 is 1.06 bits per heavy atom. The highest BCUT2D eigenvalue weighted by Crippen LogP contribution is 2.53. The zero-order valence-corrected chi connectivity index (χ0v) is 10.8. The molecular weight excluding hydrogens is 224 g/mol. The smallest absolute Gasteiger partial charge is 0.0692 e. The summed E-state index contributed by atoms with van der Waals surface area (Å²) in [5.74, 6) is 4.08. The Morgan fingerprint density at radius 2 is 1.78 bits per heavy atom. The van der Waals surface area contributed by atoms with Gasteiger partial charge in [0, 0.05) is 18.8 Å². The van der Waals surface area contributed by atoms with Crippen molar-refractivity contribution in [2.45, 2.75) is 44.7 Å². The van der Waals surface area contributed by atoms with Crippen molar-refractivity contribution >= 4 is 0 Å². The fourth-order valence-corrected chi connectivity index (χ4v) is 4.96. The summed E-state index contributed by atoms with van der Waals surface area (Å²) in [7, 11) is 0. The molecule has 0 radical (unpaired) electrons. The van der Waals surface area contributed by atoms with Crippen molar-refractivity contribution in [3.05, 3.63) is 12.4 Å². The standard InChI is InChI=1S/C14H22N4/c1(3-18-4-2-16-17-18)15-14-12-6-10-5-11(8-12)9-13(14)7-10/h2,4,10-15H,1,3,5-9H2. The lowest BCUT2D eigenvalue weighted by molar-refractivity contribution is -0.0138. The van der Waals surface area contributed by atoms with E-state index in [-0.39, 0.29) is 0 Å². The van der Waals surface area contributed by atoms with Gasteiger partial charge in [0.15, 0.2) is 0 Å². The van der Waals surface area contributed by atoms with Gasteiger partial charge in [-0.05, 0) is 55.8 Å². The predicted octanol–water partition coefficient (Wildman–Crippen LogP) is 1.69. The number of hydrogen-bond donors (Lipinski definition) is 1. The van der Waals surface area contributed by atoms with Crippen LogP contribution in [0.15, 0.2) is 12.4 Å². The van der Waals surface area contributed by atoms with Gasteiger partial charge in [0.05, 0.1) is 12.7 Å². The Balaban J connectivity index is 1.35. The first-order valence-electron chi connectivity index (χ1n) is 7.46. The molecule has 0 aliphatic heterocycles. The number of nitrogens with zero attached hydrogens (tertiary/aromatic N) is 3. The third-order valence-corrected chi connectivity index (χ3v) is 5.42. The van der Waals surface area contributed by atoms with Crippen LogP contribution in [0.4, 0.5) is 0 Å². The summed E-state index contributed by atoms with van der Waals surface area (Å²) in [4.78, 5) is 0. The maximum absolute atomic E-state index is 4.02. The van der Waals surface area contributed by atoms with Crippen molar-refractivity contribution in [2.75, 3.05) is 6.54 Å². The van der Waals surface area contributed by atoms with Crippen LogP contribution in [0, 0.1) is 23.7 Å². The summed E-state index contributed by atoms with van der Waals surface area (Å²) in [6, 6.07) is 0.793. The molecule has 1 N–H and O–H groups in total. The normalized spacial score (nSPS) is 41.4. The molecule has 4 saturated carbocycles. The van der Waals surface area contributed by atoms with Gasteiger partial charge in [-0.2, -0.15) is 0 Å². The average molecular weight is 246 g/mol. The molecular formula is C14H22N4. The van der Waals surface area contributed by atoms with Gasteiger partial charge >= 0.3 is 0 Å². The summed E-state index contributed by atoms with van der Waals surface area (Å²) in [6.07, 6.45) is 11.2. The van der Waals surface area contributed by atoms with E-state index in [0.717, 1.165) is 42.8 Å². The number of nitrogens with one attached hydrogen (secondary N) is 1. The highest BCUT2D eigenvalue weighted by atomic mass is 15.4. The molecule has 4 bridgehead atoms. The summed E-state index contributed by atoms with van der Waals surface area (Å²) < 4.78 is 1.92. The molecule has 0 atom stereocenters. The molecule has 98 valence electrons. The zero-order valence-electron chi connectivity index (χ0n) is 10.8. The van der Waals surface area contributed by atoms with E-state index in [4.69, 9.17) is 0 Å². The molecule has 4 aliphatic rings. The number of aromatic nitrogens is 3. The quantitative estimate of drug-likeness (QED) is 0.879. The summed E-state index contributed by atoms with van der Waals surface area (Å²) in [5, 5.41) is 11.7. The molecule has 0 spiro atoms. The first kappa shape index (κ1) is 11.0. The zero-order chi connectivity index (χ0) is 11.9. The molecule has 0 amide bonds. The summed E-state index contributed by atoms with van der Waals surface area (Å²) in [5.41, 5.74) is 0. The van der Waals surface area contributed by atoms with E-state index in [1.54, 1.807) is 12.6 Å². The van der Waals surface area contributed by atoms with E-state index in [1.807, 2.05) is 10.9 Å². The van der Waals surface area contributed by atoms with Gasteiger partial charge in [-0.1, -0.05) is 5.21 Å². The Morgan fingerprint density at radius 3 is 2.39 bits per heavy atom. The summed E-state index contributed by atoms with van der Waals surface area (Å²) in [6.45, 7) is 1.99. The second kappa shape index (κ2) is 4.34. The van der Waals surface area contributed by atoms with Crippen molar-refractivity contribution in [3.8, 4) is 0 Å². The first-order valence-corrected chi connectivity index (χ1v) is 7.46. The van der Waals surface area contributed by atoms with Crippen LogP contribution in [0.2, 0.25) is 0 Å². The van der Waals surface area contributed by atoms with Crippen molar-refractivity contribution < 1.29 is 0 Å². The minimum Gasteiger partial charge on any atom is -0.312 e. The maximum Gasteiger partial charge on any atom is 0.0692 e. The highest BCUT2D eigenvalue weighted by molar-refractivity contribution is 5.01. The molecule has 0 unspecified atom stereocenters. The Kier molecular flexibility index (Phi) is 2.64. The van der Waals surface area contributed by atoms with Crippen LogP contribution >= 0.6 is 0 Å². The molecule has 0 saturated heterocycles. The molecule has 4 nitrogen and oxygen atoms in total. The van der Waals surface area contributed by atoms with Crippen LogP contribution in [0.1, 0.15) is 32.1 Å². The second-order valence-electron chi connectivity index (χ2n) is 6.58. The van der Waals surface area contributed by atoms with Crippen LogP contribution in [0.25, 0.3) is 0 Å². The largest absolute Gasteiger partial charge is 0.312 e. The second-order valence-corrected chi connectivity index (χ2v) is 6.58. The monoisotopic (exact) mass is 246 g/mol. The molecule has 4 aliphatic carbocycles. The molecule has 4 heteroatoms. The Hall–Kier alpha value is -0.900. The van der Waals surface area contributed by atoms with Gasteiger partial charge in [-0.15, -0.1) is 5.10 Å². The third kappa shape index (κ3) is 1.87. The van der Waals surface area contributed by atoms with E-state index in [2.05, 4.69) is 15.6 Å². The van der Waals surface area contributed by atoms with Gasteiger partial charge in [0.1, 0.15) is 0 Å². The summed E-state index contributed by atoms with van der Waals surface area (Å²) >= 11 is 0.